The second-order valence-electron chi connectivity index (χ2n) is 7.99. The average Bonchev–Trinajstić information content (AvgIpc) is 2.59. The van der Waals surface area contributed by atoms with E-state index in [0.717, 1.165) is 0 Å². The van der Waals surface area contributed by atoms with Crippen LogP contribution < -0.4 is 5.73 Å². The predicted molar refractivity (Wildman–Crippen MR) is 112 cm³/mol. The first kappa shape index (κ1) is 24.0. The standard InChI is InChI=1S/C23H49N/c1-3-5-7-8-9-10-11-12-13-14-15-16-17-18-19-20-22-23(24)21-6-4-2/h23H,3-22,24H2,1-2H3. The molecule has 2 N–H and O–H groups in total. The molecule has 1 unspecified atom stereocenters. The van der Waals surface area contributed by atoms with E-state index in [2.05, 4.69) is 13.8 Å². The van der Waals surface area contributed by atoms with Gasteiger partial charge in [0.15, 0.2) is 0 Å². The van der Waals surface area contributed by atoms with Crippen molar-refractivity contribution in [2.24, 2.45) is 5.73 Å². The molecule has 0 bridgehead atoms. The fourth-order valence-electron chi connectivity index (χ4n) is 3.57. The van der Waals surface area contributed by atoms with E-state index in [4.69, 9.17) is 5.73 Å². The molecule has 0 aromatic carbocycles. The molecule has 0 fully saturated rings. The molecule has 1 atom stereocenters. The van der Waals surface area contributed by atoms with Crippen LogP contribution in [0.2, 0.25) is 0 Å². The molecule has 0 aliphatic carbocycles. The number of hydrogen-bond donors (Lipinski definition) is 1. The van der Waals surface area contributed by atoms with E-state index < -0.39 is 0 Å². The fourth-order valence-corrected chi connectivity index (χ4v) is 3.57. The third-order valence-corrected chi connectivity index (χ3v) is 5.36. The van der Waals surface area contributed by atoms with Gasteiger partial charge in [0, 0.05) is 6.04 Å². The Morgan fingerprint density at radius 3 is 1.08 bits per heavy atom. The lowest BCUT2D eigenvalue weighted by Gasteiger charge is -2.10. The maximum absolute atomic E-state index is 6.12. The first-order valence-corrected chi connectivity index (χ1v) is 11.6. The quantitative estimate of drug-likeness (QED) is 0.222. The fraction of sp³-hybridized carbons (Fsp3) is 1.00. The summed E-state index contributed by atoms with van der Waals surface area (Å²) < 4.78 is 0. The smallest absolute Gasteiger partial charge is 0.00388 e. The largest absolute Gasteiger partial charge is 0.328 e. The summed E-state index contributed by atoms with van der Waals surface area (Å²) in [6.45, 7) is 4.55. The monoisotopic (exact) mass is 339 g/mol. The molecule has 0 amide bonds. The van der Waals surface area contributed by atoms with Gasteiger partial charge in [-0.05, 0) is 12.8 Å². The van der Waals surface area contributed by atoms with Gasteiger partial charge in [0.25, 0.3) is 0 Å². The maximum atomic E-state index is 6.12. The van der Waals surface area contributed by atoms with Crippen molar-refractivity contribution in [2.75, 3.05) is 0 Å². The van der Waals surface area contributed by atoms with E-state index in [1.807, 2.05) is 0 Å². The molecule has 0 saturated carbocycles. The lowest BCUT2D eigenvalue weighted by molar-refractivity contribution is 0.491. The normalized spacial score (nSPS) is 12.6. The number of rotatable bonds is 20. The van der Waals surface area contributed by atoms with Gasteiger partial charge in [-0.25, -0.2) is 0 Å². The Balaban J connectivity index is 3.02. The molecular formula is C23H49N. The Hall–Kier alpha value is -0.0400. The van der Waals surface area contributed by atoms with E-state index in [1.54, 1.807) is 0 Å². The molecular weight excluding hydrogens is 290 g/mol. The number of unbranched alkanes of at least 4 members (excludes halogenated alkanes) is 16. The Morgan fingerprint density at radius 1 is 0.417 bits per heavy atom. The molecule has 0 radical (unpaired) electrons. The molecule has 0 heterocycles. The summed E-state index contributed by atoms with van der Waals surface area (Å²) in [4.78, 5) is 0. The second-order valence-corrected chi connectivity index (χ2v) is 7.99. The minimum absolute atomic E-state index is 0.469. The summed E-state index contributed by atoms with van der Waals surface area (Å²) in [6, 6.07) is 0.469. The van der Waals surface area contributed by atoms with E-state index in [9.17, 15) is 0 Å². The molecule has 24 heavy (non-hydrogen) atoms. The highest BCUT2D eigenvalue weighted by Crippen LogP contribution is 2.14. The second kappa shape index (κ2) is 21.0. The van der Waals surface area contributed by atoms with Crippen LogP contribution in [0.1, 0.15) is 142 Å². The first-order chi connectivity index (χ1) is 11.8. The molecule has 0 rings (SSSR count). The minimum Gasteiger partial charge on any atom is -0.328 e. The van der Waals surface area contributed by atoms with Crippen molar-refractivity contribution in [1.82, 2.24) is 0 Å². The summed E-state index contributed by atoms with van der Waals surface area (Å²) in [5.74, 6) is 0. The summed E-state index contributed by atoms with van der Waals surface area (Å²) in [6.07, 6.45) is 28.2. The molecule has 0 saturated heterocycles. The molecule has 0 aliphatic rings. The van der Waals surface area contributed by atoms with Crippen molar-refractivity contribution in [2.45, 2.75) is 148 Å². The maximum Gasteiger partial charge on any atom is 0.00388 e. The van der Waals surface area contributed by atoms with Crippen molar-refractivity contribution in [3.8, 4) is 0 Å². The van der Waals surface area contributed by atoms with Crippen LogP contribution in [0.15, 0.2) is 0 Å². The van der Waals surface area contributed by atoms with Gasteiger partial charge in [-0.2, -0.15) is 0 Å². The summed E-state index contributed by atoms with van der Waals surface area (Å²) in [5, 5.41) is 0. The van der Waals surface area contributed by atoms with Crippen molar-refractivity contribution >= 4 is 0 Å². The van der Waals surface area contributed by atoms with E-state index in [1.165, 1.54) is 128 Å². The van der Waals surface area contributed by atoms with Gasteiger partial charge in [-0.3, -0.25) is 0 Å². The van der Waals surface area contributed by atoms with E-state index >= 15 is 0 Å². The van der Waals surface area contributed by atoms with Crippen LogP contribution in [0.5, 0.6) is 0 Å². The Kier molecular flexibility index (Phi) is 21.0. The molecule has 0 spiro atoms. The van der Waals surface area contributed by atoms with Gasteiger partial charge in [-0.15, -0.1) is 0 Å². The molecule has 1 heteroatoms. The molecule has 0 aliphatic heterocycles. The van der Waals surface area contributed by atoms with Crippen LogP contribution >= 0.6 is 0 Å². The van der Waals surface area contributed by atoms with Crippen LogP contribution in [-0.4, -0.2) is 6.04 Å². The number of hydrogen-bond acceptors (Lipinski definition) is 1. The van der Waals surface area contributed by atoms with Crippen LogP contribution in [0.4, 0.5) is 0 Å². The van der Waals surface area contributed by atoms with Crippen LogP contribution in [0.25, 0.3) is 0 Å². The molecule has 0 aromatic heterocycles. The zero-order valence-corrected chi connectivity index (χ0v) is 17.3. The highest BCUT2D eigenvalue weighted by Gasteiger charge is 2.01. The van der Waals surface area contributed by atoms with Gasteiger partial charge < -0.3 is 5.73 Å². The van der Waals surface area contributed by atoms with Gasteiger partial charge in [-0.1, -0.05) is 129 Å². The SMILES string of the molecule is CCCCCCCCCCCCCCCCCCC(N)CCCC. The summed E-state index contributed by atoms with van der Waals surface area (Å²) in [5.41, 5.74) is 6.12. The predicted octanol–water partition coefficient (Wildman–Crippen LogP) is 8.16. The van der Waals surface area contributed by atoms with Crippen molar-refractivity contribution < 1.29 is 0 Å². The lowest BCUT2D eigenvalue weighted by Crippen LogP contribution is -2.19. The first-order valence-electron chi connectivity index (χ1n) is 11.6. The zero-order valence-electron chi connectivity index (χ0n) is 17.3. The van der Waals surface area contributed by atoms with Crippen molar-refractivity contribution in [1.29, 1.82) is 0 Å². The van der Waals surface area contributed by atoms with Crippen LogP contribution in [-0.2, 0) is 0 Å². The highest BCUT2D eigenvalue weighted by atomic mass is 14.6. The Bertz CT molecular complexity index is 214. The third-order valence-electron chi connectivity index (χ3n) is 5.36. The van der Waals surface area contributed by atoms with E-state index in [-0.39, 0.29) is 0 Å². The summed E-state index contributed by atoms with van der Waals surface area (Å²) >= 11 is 0. The van der Waals surface area contributed by atoms with Crippen LogP contribution in [0.3, 0.4) is 0 Å². The Labute approximate surface area is 154 Å². The third kappa shape index (κ3) is 20.0. The highest BCUT2D eigenvalue weighted by molar-refractivity contribution is 4.61. The van der Waals surface area contributed by atoms with Gasteiger partial charge in [0.05, 0.1) is 0 Å². The van der Waals surface area contributed by atoms with Crippen LogP contribution in [0, 0.1) is 0 Å². The zero-order chi connectivity index (χ0) is 17.7. The minimum atomic E-state index is 0.469. The van der Waals surface area contributed by atoms with Crippen molar-refractivity contribution in [3.05, 3.63) is 0 Å². The Morgan fingerprint density at radius 2 is 0.708 bits per heavy atom. The molecule has 1 nitrogen and oxygen atoms in total. The molecule has 0 aromatic rings. The van der Waals surface area contributed by atoms with Gasteiger partial charge in [0.1, 0.15) is 0 Å². The van der Waals surface area contributed by atoms with Crippen molar-refractivity contribution in [3.63, 3.8) is 0 Å². The van der Waals surface area contributed by atoms with E-state index in [0.29, 0.717) is 6.04 Å². The lowest BCUT2D eigenvalue weighted by atomic mass is 10.0. The average molecular weight is 340 g/mol. The number of nitrogens with two attached hydrogens (primary N) is 1. The van der Waals surface area contributed by atoms with Gasteiger partial charge >= 0.3 is 0 Å². The summed E-state index contributed by atoms with van der Waals surface area (Å²) in [7, 11) is 0. The van der Waals surface area contributed by atoms with Gasteiger partial charge in [0.2, 0.25) is 0 Å². The topological polar surface area (TPSA) is 26.0 Å². The molecule has 146 valence electrons.